The second-order valence-electron chi connectivity index (χ2n) is 7.12. The molecule has 0 atom stereocenters. The zero-order valence-electron chi connectivity index (χ0n) is 19.7. The lowest BCUT2D eigenvalue weighted by Crippen LogP contribution is -2.32. The minimum Gasteiger partial charge on any atom is -0.497 e. The van der Waals surface area contributed by atoms with Gasteiger partial charge < -0.3 is 29.7 Å². The Balaban J connectivity index is 1.56. The molecule has 0 unspecified atom stereocenters. The number of hydrogen-bond acceptors (Lipinski definition) is 9. The van der Waals surface area contributed by atoms with Crippen molar-refractivity contribution in [3.05, 3.63) is 53.9 Å². The van der Waals surface area contributed by atoms with Crippen molar-refractivity contribution < 1.29 is 23.7 Å². The molecule has 0 fully saturated rings. The Morgan fingerprint density at radius 3 is 2.50 bits per heavy atom. The number of nitrogens with two attached hydrogens (primary N) is 1. The average molecular weight is 488 g/mol. The Bertz CT molecular complexity index is 1110. The van der Waals surface area contributed by atoms with Crippen molar-refractivity contribution in [2.75, 3.05) is 39.5 Å². The highest BCUT2D eigenvalue weighted by atomic mass is 32.2. The van der Waals surface area contributed by atoms with E-state index in [0.29, 0.717) is 47.1 Å². The first kappa shape index (κ1) is 25.0. The summed E-state index contributed by atoms with van der Waals surface area (Å²) < 4.78 is 22.9. The number of rotatable bonds is 12. The molecule has 0 aliphatic carbocycles. The summed E-state index contributed by atoms with van der Waals surface area (Å²) in [7, 11) is 4.76. The van der Waals surface area contributed by atoms with Crippen LogP contribution in [0.5, 0.6) is 23.0 Å². The number of carbonyl (C=O) groups is 1. The van der Waals surface area contributed by atoms with Crippen LogP contribution >= 0.6 is 11.8 Å². The predicted octanol–water partition coefficient (Wildman–Crippen LogP) is 2.74. The van der Waals surface area contributed by atoms with Crippen LogP contribution < -0.4 is 24.8 Å². The van der Waals surface area contributed by atoms with E-state index >= 15 is 0 Å². The second-order valence-corrected chi connectivity index (χ2v) is 8.06. The number of nitrogen functional groups attached to an aromatic ring is 1. The molecule has 0 aliphatic heterocycles. The van der Waals surface area contributed by atoms with E-state index in [9.17, 15) is 4.79 Å². The average Bonchev–Trinajstić information content (AvgIpc) is 3.23. The smallest absolute Gasteiger partial charge is 0.233 e. The van der Waals surface area contributed by atoms with E-state index in [4.69, 9.17) is 24.8 Å². The molecule has 1 aromatic heterocycles. The Kier molecular flexibility index (Phi) is 8.86. The van der Waals surface area contributed by atoms with Crippen molar-refractivity contribution in [1.82, 2.24) is 19.8 Å². The quantitative estimate of drug-likeness (QED) is 0.304. The highest BCUT2D eigenvalue weighted by molar-refractivity contribution is 7.99. The summed E-state index contributed by atoms with van der Waals surface area (Å²) in [6, 6.07) is 12.8. The van der Waals surface area contributed by atoms with Gasteiger partial charge in [-0.05, 0) is 36.8 Å². The molecule has 0 aliphatic rings. The molecule has 0 spiro atoms. The van der Waals surface area contributed by atoms with E-state index in [2.05, 4.69) is 10.2 Å². The molecule has 1 amide bonds. The topological polar surface area (TPSA) is 114 Å². The molecule has 34 heavy (non-hydrogen) atoms. The Labute approximate surface area is 202 Å². The summed E-state index contributed by atoms with van der Waals surface area (Å²) in [5, 5.41) is 8.60. The third kappa shape index (κ3) is 6.25. The number of methoxy groups -OCH3 is 3. The standard InChI is InChI=1S/C23H29N5O5S/c1-5-27(13-16-9-10-19(31-3)20(11-16)32-4)22(29)15-34-23-26-25-21(28(23)24)14-33-18-8-6-7-17(12-18)30-2/h6-12H,5,13-15,24H2,1-4H3. The van der Waals surface area contributed by atoms with Gasteiger partial charge in [-0.3, -0.25) is 4.79 Å². The molecule has 10 nitrogen and oxygen atoms in total. The van der Waals surface area contributed by atoms with Gasteiger partial charge in [0.1, 0.15) is 18.1 Å². The number of thioether (sulfide) groups is 1. The van der Waals surface area contributed by atoms with Crippen LogP contribution in [0, 0.1) is 0 Å². The molecular weight excluding hydrogens is 458 g/mol. The van der Waals surface area contributed by atoms with Gasteiger partial charge >= 0.3 is 0 Å². The summed E-state index contributed by atoms with van der Waals surface area (Å²) in [5.74, 6) is 9.27. The fourth-order valence-corrected chi connectivity index (χ4v) is 3.91. The maximum absolute atomic E-state index is 12.8. The molecule has 2 N–H and O–H groups in total. The van der Waals surface area contributed by atoms with Crippen LogP contribution in [-0.2, 0) is 17.9 Å². The molecule has 2 aromatic carbocycles. The molecule has 0 saturated carbocycles. The molecule has 0 saturated heterocycles. The monoisotopic (exact) mass is 487 g/mol. The predicted molar refractivity (Wildman–Crippen MR) is 129 cm³/mol. The molecule has 3 rings (SSSR count). The van der Waals surface area contributed by atoms with Crippen LogP contribution in [-0.4, -0.2) is 59.3 Å². The third-order valence-electron chi connectivity index (χ3n) is 5.02. The number of aromatic nitrogens is 3. The van der Waals surface area contributed by atoms with Gasteiger partial charge in [0, 0.05) is 19.2 Å². The zero-order valence-corrected chi connectivity index (χ0v) is 20.5. The van der Waals surface area contributed by atoms with Gasteiger partial charge in [0.2, 0.25) is 11.1 Å². The first-order valence-corrected chi connectivity index (χ1v) is 11.5. The lowest BCUT2D eigenvalue weighted by atomic mass is 10.2. The van der Waals surface area contributed by atoms with Gasteiger partial charge in [0.15, 0.2) is 17.3 Å². The van der Waals surface area contributed by atoms with Gasteiger partial charge in [-0.1, -0.05) is 23.9 Å². The van der Waals surface area contributed by atoms with E-state index < -0.39 is 0 Å². The first-order chi connectivity index (χ1) is 16.5. The number of carbonyl (C=O) groups excluding carboxylic acids is 1. The Morgan fingerprint density at radius 1 is 1.03 bits per heavy atom. The molecule has 3 aromatic rings. The van der Waals surface area contributed by atoms with Crippen LogP contribution in [0.3, 0.4) is 0 Å². The summed E-state index contributed by atoms with van der Waals surface area (Å²) in [4.78, 5) is 14.6. The summed E-state index contributed by atoms with van der Waals surface area (Å²) in [5.41, 5.74) is 0.941. The number of amides is 1. The van der Waals surface area contributed by atoms with E-state index in [1.807, 2.05) is 43.3 Å². The van der Waals surface area contributed by atoms with E-state index in [1.165, 1.54) is 16.4 Å². The Hall–Kier alpha value is -3.60. The van der Waals surface area contributed by atoms with E-state index in [1.54, 1.807) is 32.3 Å². The van der Waals surface area contributed by atoms with Gasteiger partial charge in [-0.2, -0.15) is 0 Å². The van der Waals surface area contributed by atoms with Crippen LogP contribution in [0.15, 0.2) is 47.6 Å². The summed E-state index contributed by atoms with van der Waals surface area (Å²) >= 11 is 1.22. The lowest BCUT2D eigenvalue weighted by molar-refractivity contribution is -0.128. The van der Waals surface area contributed by atoms with Crippen molar-refractivity contribution in [3.8, 4) is 23.0 Å². The van der Waals surface area contributed by atoms with Crippen molar-refractivity contribution in [2.45, 2.75) is 25.2 Å². The maximum atomic E-state index is 12.8. The van der Waals surface area contributed by atoms with Gasteiger partial charge in [0.05, 0.1) is 27.1 Å². The number of ether oxygens (including phenoxy) is 4. The Morgan fingerprint density at radius 2 is 1.79 bits per heavy atom. The maximum Gasteiger partial charge on any atom is 0.233 e. The fraction of sp³-hybridized carbons (Fsp3) is 0.348. The highest BCUT2D eigenvalue weighted by Gasteiger charge is 2.17. The van der Waals surface area contributed by atoms with E-state index in [0.717, 1.165) is 5.56 Å². The fourth-order valence-electron chi connectivity index (χ4n) is 3.14. The SMILES string of the molecule is CCN(Cc1ccc(OC)c(OC)c1)C(=O)CSc1nnc(COc2cccc(OC)c2)n1N. The van der Waals surface area contributed by atoms with E-state index in [-0.39, 0.29) is 18.3 Å². The number of hydrogen-bond donors (Lipinski definition) is 1. The minimum absolute atomic E-state index is 0.0422. The molecule has 182 valence electrons. The lowest BCUT2D eigenvalue weighted by Gasteiger charge is -2.21. The third-order valence-corrected chi connectivity index (χ3v) is 5.95. The van der Waals surface area contributed by atoms with Gasteiger partial charge in [-0.15, -0.1) is 10.2 Å². The highest BCUT2D eigenvalue weighted by Crippen LogP contribution is 2.28. The van der Waals surface area contributed by atoms with Crippen LogP contribution in [0.25, 0.3) is 0 Å². The summed E-state index contributed by atoms with van der Waals surface area (Å²) in [6.07, 6.45) is 0. The largest absolute Gasteiger partial charge is 0.497 e. The minimum atomic E-state index is -0.0422. The van der Waals surface area contributed by atoms with Gasteiger partial charge in [-0.25, -0.2) is 4.68 Å². The first-order valence-electron chi connectivity index (χ1n) is 10.6. The van der Waals surface area contributed by atoms with Crippen molar-refractivity contribution in [1.29, 1.82) is 0 Å². The molecule has 11 heteroatoms. The molecule has 0 bridgehead atoms. The normalized spacial score (nSPS) is 10.6. The number of benzene rings is 2. The molecular formula is C23H29N5O5S. The number of nitrogens with zero attached hydrogens (tertiary/aromatic N) is 4. The summed E-state index contributed by atoms with van der Waals surface area (Å²) in [6.45, 7) is 3.07. The zero-order chi connectivity index (χ0) is 24.5. The molecule has 0 radical (unpaired) electrons. The van der Waals surface area contributed by atoms with Crippen LogP contribution in [0.4, 0.5) is 0 Å². The van der Waals surface area contributed by atoms with Crippen molar-refractivity contribution >= 4 is 17.7 Å². The van der Waals surface area contributed by atoms with Crippen LogP contribution in [0.1, 0.15) is 18.3 Å². The van der Waals surface area contributed by atoms with Gasteiger partial charge in [0.25, 0.3) is 0 Å². The molecule has 1 heterocycles. The second kappa shape index (κ2) is 12.0. The van der Waals surface area contributed by atoms with Crippen molar-refractivity contribution in [2.24, 2.45) is 0 Å². The van der Waals surface area contributed by atoms with Crippen molar-refractivity contribution in [3.63, 3.8) is 0 Å². The van der Waals surface area contributed by atoms with Crippen LogP contribution in [0.2, 0.25) is 0 Å².